The monoisotopic (exact) mass is 217 g/mol. The van der Waals surface area contributed by atoms with E-state index in [1.165, 1.54) is 12.3 Å². The van der Waals surface area contributed by atoms with Gasteiger partial charge in [-0.1, -0.05) is 26.0 Å². The number of aromatic nitrogens is 1. The quantitative estimate of drug-likeness (QED) is 0.722. The summed E-state index contributed by atoms with van der Waals surface area (Å²) in [4.78, 5) is 14.9. The fraction of sp³-hybridized carbons (Fsp3) is 0.231. The SMILES string of the molecule is CC(C)c1c(C=O)cnc2c(F)cccc12. The van der Waals surface area contributed by atoms with Gasteiger partial charge in [-0.2, -0.15) is 0 Å². The highest BCUT2D eigenvalue weighted by Gasteiger charge is 2.13. The standard InChI is InChI=1S/C13H12FNO/c1-8(2)12-9(7-16)6-15-13-10(12)4-3-5-11(13)14/h3-8H,1-2H3. The Labute approximate surface area is 93.1 Å². The molecule has 0 bridgehead atoms. The van der Waals surface area contributed by atoms with Crippen LogP contribution in [-0.4, -0.2) is 11.3 Å². The lowest BCUT2D eigenvalue weighted by molar-refractivity contribution is 0.112. The summed E-state index contributed by atoms with van der Waals surface area (Å²) in [5.74, 6) is -0.190. The molecule has 0 saturated heterocycles. The highest BCUT2D eigenvalue weighted by molar-refractivity contribution is 5.91. The Balaban J connectivity index is 2.89. The van der Waals surface area contributed by atoms with Crippen LogP contribution in [0.5, 0.6) is 0 Å². The van der Waals surface area contributed by atoms with Crippen molar-refractivity contribution in [3.05, 3.63) is 41.3 Å². The van der Waals surface area contributed by atoms with Crippen LogP contribution in [0.3, 0.4) is 0 Å². The molecule has 82 valence electrons. The van der Waals surface area contributed by atoms with Gasteiger partial charge in [0.15, 0.2) is 6.29 Å². The van der Waals surface area contributed by atoms with Gasteiger partial charge in [0.25, 0.3) is 0 Å². The van der Waals surface area contributed by atoms with E-state index in [4.69, 9.17) is 0 Å². The second kappa shape index (κ2) is 4.00. The summed E-state index contributed by atoms with van der Waals surface area (Å²) in [5.41, 5.74) is 1.73. The van der Waals surface area contributed by atoms with E-state index in [2.05, 4.69) is 4.98 Å². The van der Waals surface area contributed by atoms with Gasteiger partial charge in [0, 0.05) is 17.1 Å². The molecule has 0 aliphatic rings. The van der Waals surface area contributed by atoms with Gasteiger partial charge in [0.2, 0.25) is 0 Å². The Kier molecular flexibility index (Phi) is 2.69. The van der Waals surface area contributed by atoms with E-state index in [0.717, 1.165) is 17.2 Å². The van der Waals surface area contributed by atoms with Crippen LogP contribution in [-0.2, 0) is 0 Å². The third-order valence-corrected chi connectivity index (χ3v) is 2.63. The zero-order valence-corrected chi connectivity index (χ0v) is 9.20. The summed E-state index contributed by atoms with van der Waals surface area (Å²) < 4.78 is 13.5. The van der Waals surface area contributed by atoms with Crippen molar-refractivity contribution in [1.82, 2.24) is 4.98 Å². The van der Waals surface area contributed by atoms with Crippen molar-refractivity contribution in [3.63, 3.8) is 0 Å². The fourth-order valence-corrected chi connectivity index (χ4v) is 1.96. The maximum absolute atomic E-state index is 13.5. The summed E-state index contributed by atoms with van der Waals surface area (Å²) >= 11 is 0. The Morgan fingerprint density at radius 1 is 1.38 bits per heavy atom. The van der Waals surface area contributed by atoms with E-state index in [-0.39, 0.29) is 11.7 Å². The molecule has 2 rings (SSSR count). The second-order valence-electron chi connectivity index (χ2n) is 4.04. The molecule has 0 radical (unpaired) electrons. The molecule has 1 aromatic carbocycles. The van der Waals surface area contributed by atoms with Crippen molar-refractivity contribution in [2.24, 2.45) is 0 Å². The third kappa shape index (κ3) is 1.58. The maximum atomic E-state index is 13.5. The second-order valence-corrected chi connectivity index (χ2v) is 4.04. The average Bonchev–Trinajstić information content (AvgIpc) is 2.27. The highest BCUT2D eigenvalue weighted by Crippen LogP contribution is 2.27. The first-order valence-electron chi connectivity index (χ1n) is 5.17. The summed E-state index contributed by atoms with van der Waals surface area (Å²) in [6.07, 6.45) is 2.21. The van der Waals surface area contributed by atoms with Gasteiger partial charge >= 0.3 is 0 Å². The summed E-state index contributed by atoms with van der Waals surface area (Å²) in [5, 5.41) is 0.722. The predicted octanol–water partition coefficient (Wildman–Crippen LogP) is 3.31. The predicted molar refractivity (Wildman–Crippen MR) is 61.2 cm³/mol. The molecule has 1 aromatic heterocycles. The van der Waals surface area contributed by atoms with Crippen molar-refractivity contribution < 1.29 is 9.18 Å². The summed E-state index contributed by atoms with van der Waals surface area (Å²) in [6, 6.07) is 4.81. The van der Waals surface area contributed by atoms with E-state index in [9.17, 15) is 9.18 Å². The lowest BCUT2D eigenvalue weighted by Gasteiger charge is -2.12. The number of pyridine rings is 1. The third-order valence-electron chi connectivity index (χ3n) is 2.63. The van der Waals surface area contributed by atoms with E-state index >= 15 is 0 Å². The first-order chi connectivity index (χ1) is 7.65. The molecule has 0 atom stereocenters. The molecule has 0 unspecified atom stereocenters. The number of hydrogen-bond acceptors (Lipinski definition) is 2. The normalized spacial score (nSPS) is 11.0. The summed E-state index contributed by atoms with van der Waals surface area (Å²) in [7, 11) is 0. The van der Waals surface area contributed by atoms with Crippen molar-refractivity contribution >= 4 is 17.2 Å². The number of halogens is 1. The molecule has 0 amide bonds. The first-order valence-corrected chi connectivity index (χ1v) is 5.17. The van der Waals surface area contributed by atoms with Crippen LogP contribution in [0.25, 0.3) is 10.9 Å². The number of para-hydroxylation sites is 1. The van der Waals surface area contributed by atoms with Gasteiger partial charge < -0.3 is 0 Å². The van der Waals surface area contributed by atoms with Crippen molar-refractivity contribution in [2.45, 2.75) is 19.8 Å². The molecule has 3 heteroatoms. The van der Waals surface area contributed by atoms with Crippen LogP contribution < -0.4 is 0 Å². The number of rotatable bonds is 2. The van der Waals surface area contributed by atoms with Gasteiger partial charge in [0.05, 0.1) is 0 Å². The van der Waals surface area contributed by atoms with E-state index in [0.29, 0.717) is 11.1 Å². The molecule has 0 saturated carbocycles. The number of hydrogen-bond donors (Lipinski definition) is 0. The minimum Gasteiger partial charge on any atom is -0.298 e. The number of carbonyl (C=O) groups is 1. The van der Waals surface area contributed by atoms with Crippen LogP contribution >= 0.6 is 0 Å². The highest BCUT2D eigenvalue weighted by atomic mass is 19.1. The molecule has 0 aliphatic carbocycles. The Morgan fingerprint density at radius 2 is 2.12 bits per heavy atom. The van der Waals surface area contributed by atoms with Gasteiger partial charge in [-0.05, 0) is 17.5 Å². The number of carbonyl (C=O) groups excluding carboxylic acids is 1. The average molecular weight is 217 g/mol. The molecule has 0 spiro atoms. The fourth-order valence-electron chi connectivity index (χ4n) is 1.96. The van der Waals surface area contributed by atoms with Gasteiger partial charge in [-0.25, -0.2) is 4.39 Å². The molecule has 0 fully saturated rings. The Morgan fingerprint density at radius 3 is 2.75 bits per heavy atom. The molecular formula is C13H12FNO. The van der Waals surface area contributed by atoms with Crippen LogP contribution in [0.2, 0.25) is 0 Å². The van der Waals surface area contributed by atoms with Crippen LogP contribution in [0.4, 0.5) is 4.39 Å². The van der Waals surface area contributed by atoms with Crippen molar-refractivity contribution in [3.8, 4) is 0 Å². The first kappa shape index (κ1) is 10.7. The molecule has 0 N–H and O–H groups in total. The van der Waals surface area contributed by atoms with Crippen LogP contribution in [0, 0.1) is 5.82 Å². The lowest BCUT2D eigenvalue weighted by Crippen LogP contribution is -1.99. The van der Waals surface area contributed by atoms with Crippen LogP contribution in [0.15, 0.2) is 24.4 Å². The number of aldehydes is 1. The largest absolute Gasteiger partial charge is 0.298 e. The smallest absolute Gasteiger partial charge is 0.151 e. The minimum atomic E-state index is -0.350. The van der Waals surface area contributed by atoms with Gasteiger partial charge in [-0.3, -0.25) is 9.78 Å². The van der Waals surface area contributed by atoms with E-state index < -0.39 is 0 Å². The van der Waals surface area contributed by atoms with Crippen molar-refractivity contribution in [1.29, 1.82) is 0 Å². The van der Waals surface area contributed by atoms with Crippen LogP contribution in [0.1, 0.15) is 35.7 Å². The number of benzene rings is 1. The Hall–Kier alpha value is -1.77. The number of fused-ring (bicyclic) bond motifs is 1. The Bertz CT molecular complexity index is 549. The van der Waals surface area contributed by atoms with E-state index in [1.807, 2.05) is 13.8 Å². The van der Waals surface area contributed by atoms with Gasteiger partial charge in [-0.15, -0.1) is 0 Å². The molecule has 0 aliphatic heterocycles. The molecule has 2 aromatic rings. The molecule has 2 nitrogen and oxygen atoms in total. The van der Waals surface area contributed by atoms with E-state index in [1.54, 1.807) is 12.1 Å². The molecule has 16 heavy (non-hydrogen) atoms. The maximum Gasteiger partial charge on any atom is 0.151 e. The minimum absolute atomic E-state index is 0.160. The topological polar surface area (TPSA) is 30.0 Å². The zero-order chi connectivity index (χ0) is 11.7. The summed E-state index contributed by atoms with van der Waals surface area (Å²) in [6.45, 7) is 3.96. The lowest BCUT2D eigenvalue weighted by atomic mass is 9.94. The molecule has 1 heterocycles. The van der Waals surface area contributed by atoms with Crippen molar-refractivity contribution in [2.75, 3.05) is 0 Å². The number of nitrogens with zero attached hydrogens (tertiary/aromatic N) is 1. The molecular weight excluding hydrogens is 205 g/mol. The zero-order valence-electron chi connectivity index (χ0n) is 9.20. The van der Waals surface area contributed by atoms with Gasteiger partial charge in [0.1, 0.15) is 11.3 Å².